The topological polar surface area (TPSA) is 61.5 Å². The summed E-state index contributed by atoms with van der Waals surface area (Å²) in [6.07, 6.45) is 3.33. The summed E-state index contributed by atoms with van der Waals surface area (Å²) >= 11 is 6.06. The van der Waals surface area contributed by atoms with E-state index in [1.807, 2.05) is 0 Å². The number of benzene rings is 1. The van der Waals surface area contributed by atoms with Crippen LogP contribution in [-0.2, 0) is 6.42 Å². The van der Waals surface area contributed by atoms with Crippen LogP contribution in [0.2, 0.25) is 5.02 Å². The lowest BCUT2D eigenvalue weighted by Crippen LogP contribution is -2.03. The predicted molar refractivity (Wildman–Crippen MR) is 71.9 cm³/mol. The van der Waals surface area contributed by atoms with Crippen molar-refractivity contribution in [2.45, 2.75) is 19.3 Å². The lowest BCUT2D eigenvalue weighted by atomic mass is 10.0. The molecular formula is C13H18ClNO3. The normalized spacial score (nSPS) is 10.2. The molecule has 2 N–H and O–H groups in total. The average Bonchev–Trinajstić information content (AvgIpc) is 2.38. The summed E-state index contributed by atoms with van der Waals surface area (Å²) in [5, 5.41) is 0.380. The Morgan fingerprint density at radius 3 is 2.44 bits per heavy atom. The van der Waals surface area contributed by atoms with Gasteiger partial charge in [-0.25, -0.2) is 0 Å². The Labute approximate surface area is 112 Å². The third kappa shape index (κ3) is 3.15. The van der Waals surface area contributed by atoms with Crippen LogP contribution in [0.3, 0.4) is 0 Å². The molecule has 0 unspecified atom stereocenters. The van der Waals surface area contributed by atoms with Crippen molar-refractivity contribution in [1.29, 1.82) is 0 Å². The van der Waals surface area contributed by atoms with E-state index in [0.717, 1.165) is 24.8 Å². The Balaban J connectivity index is 3.17. The Morgan fingerprint density at radius 2 is 1.94 bits per heavy atom. The van der Waals surface area contributed by atoms with Gasteiger partial charge in [-0.15, -0.1) is 0 Å². The van der Waals surface area contributed by atoms with Gasteiger partial charge >= 0.3 is 0 Å². The molecule has 0 fully saturated rings. The Kier molecular flexibility index (Phi) is 5.95. The highest BCUT2D eigenvalue weighted by Gasteiger charge is 2.18. The highest BCUT2D eigenvalue weighted by Crippen LogP contribution is 2.39. The monoisotopic (exact) mass is 271 g/mol. The predicted octanol–water partition coefficient (Wildman–Crippen LogP) is 2.45. The second-order valence-electron chi connectivity index (χ2n) is 3.86. The number of aryl methyl sites for hydroxylation is 1. The lowest BCUT2D eigenvalue weighted by molar-refractivity contribution is 0.112. The van der Waals surface area contributed by atoms with Gasteiger partial charge in [0, 0.05) is 0 Å². The van der Waals surface area contributed by atoms with E-state index in [4.69, 9.17) is 26.8 Å². The van der Waals surface area contributed by atoms with Crippen LogP contribution in [0.25, 0.3) is 0 Å². The number of hydrogen-bond acceptors (Lipinski definition) is 4. The molecule has 18 heavy (non-hydrogen) atoms. The quantitative estimate of drug-likeness (QED) is 0.611. The SMILES string of the molecule is COc1c(CCCCN)cc(Cl)c(C=O)c1OC. The molecule has 1 aromatic carbocycles. The van der Waals surface area contributed by atoms with E-state index in [-0.39, 0.29) is 0 Å². The first-order chi connectivity index (χ1) is 8.69. The number of carbonyl (C=O) groups excluding carboxylic acids is 1. The molecule has 5 heteroatoms. The first-order valence-electron chi connectivity index (χ1n) is 5.78. The van der Waals surface area contributed by atoms with E-state index in [9.17, 15) is 4.79 Å². The van der Waals surface area contributed by atoms with Gasteiger partial charge < -0.3 is 15.2 Å². The summed E-state index contributed by atoms with van der Waals surface area (Å²) < 4.78 is 10.5. The van der Waals surface area contributed by atoms with Gasteiger partial charge in [-0.2, -0.15) is 0 Å². The summed E-state index contributed by atoms with van der Waals surface area (Å²) in [6, 6.07) is 1.75. The first-order valence-corrected chi connectivity index (χ1v) is 6.16. The molecule has 0 aliphatic carbocycles. The molecule has 4 nitrogen and oxygen atoms in total. The van der Waals surface area contributed by atoms with Crippen LogP contribution in [0, 0.1) is 0 Å². The van der Waals surface area contributed by atoms with Crippen LogP contribution in [0.4, 0.5) is 0 Å². The van der Waals surface area contributed by atoms with E-state index in [0.29, 0.717) is 34.9 Å². The molecular weight excluding hydrogens is 254 g/mol. The zero-order valence-electron chi connectivity index (χ0n) is 10.7. The molecule has 0 aliphatic heterocycles. The maximum absolute atomic E-state index is 11.0. The summed E-state index contributed by atoms with van der Waals surface area (Å²) in [7, 11) is 3.04. The fraction of sp³-hybridized carbons (Fsp3) is 0.462. The smallest absolute Gasteiger partial charge is 0.173 e. The summed E-state index contributed by atoms with van der Waals surface area (Å²) in [5.74, 6) is 0.962. The zero-order valence-corrected chi connectivity index (χ0v) is 11.4. The van der Waals surface area contributed by atoms with Crippen molar-refractivity contribution in [3.05, 3.63) is 22.2 Å². The second kappa shape index (κ2) is 7.24. The van der Waals surface area contributed by atoms with Crippen molar-refractivity contribution in [3.8, 4) is 11.5 Å². The first kappa shape index (κ1) is 14.8. The average molecular weight is 272 g/mol. The van der Waals surface area contributed by atoms with Crippen LogP contribution in [0.1, 0.15) is 28.8 Å². The number of rotatable bonds is 7. The maximum Gasteiger partial charge on any atom is 0.173 e. The molecule has 0 amide bonds. The summed E-state index contributed by atoms with van der Waals surface area (Å²) in [4.78, 5) is 11.0. The van der Waals surface area contributed by atoms with E-state index < -0.39 is 0 Å². The van der Waals surface area contributed by atoms with E-state index in [2.05, 4.69) is 0 Å². The highest BCUT2D eigenvalue weighted by molar-refractivity contribution is 6.33. The molecule has 0 spiro atoms. The van der Waals surface area contributed by atoms with Crippen LogP contribution >= 0.6 is 11.6 Å². The number of aldehydes is 1. The second-order valence-corrected chi connectivity index (χ2v) is 4.27. The van der Waals surface area contributed by atoms with Gasteiger partial charge in [0.25, 0.3) is 0 Å². The third-order valence-corrected chi connectivity index (χ3v) is 3.04. The minimum Gasteiger partial charge on any atom is -0.493 e. The molecule has 1 aromatic rings. The van der Waals surface area contributed by atoms with Gasteiger partial charge in [-0.05, 0) is 37.4 Å². The molecule has 0 saturated carbocycles. The fourth-order valence-corrected chi connectivity index (χ4v) is 2.12. The highest BCUT2D eigenvalue weighted by atomic mass is 35.5. The van der Waals surface area contributed by atoms with Crippen molar-refractivity contribution in [2.75, 3.05) is 20.8 Å². The molecule has 0 radical (unpaired) electrons. The van der Waals surface area contributed by atoms with Crippen molar-refractivity contribution < 1.29 is 14.3 Å². The lowest BCUT2D eigenvalue weighted by Gasteiger charge is -2.15. The molecule has 1 rings (SSSR count). The maximum atomic E-state index is 11.0. The van der Waals surface area contributed by atoms with Crippen molar-refractivity contribution in [3.63, 3.8) is 0 Å². The molecule has 0 aliphatic rings. The van der Waals surface area contributed by atoms with Gasteiger partial charge in [-0.3, -0.25) is 4.79 Å². The number of hydrogen-bond donors (Lipinski definition) is 1. The number of carbonyl (C=O) groups is 1. The number of ether oxygens (including phenoxy) is 2. The summed E-state index contributed by atoms with van der Waals surface area (Å²) in [6.45, 7) is 0.652. The molecule has 0 saturated heterocycles. The minimum atomic E-state index is 0.318. The Morgan fingerprint density at radius 1 is 1.28 bits per heavy atom. The molecule has 100 valence electrons. The van der Waals surface area contributed by atoms with Crippen molar-refractivity contribution in [1.82, 2.24) is 0 Å². The number of methoxy groups -OCH3 is 2. The van der Waals surface area contributed by atoms with Crippen LogP contribution in [0.5, 0.6) is 11.5 Å². The Hall–Kier alpha value is -1.26. The van der Waals surface area contributed by atoms with Gasteiger partial charge in [0.2, 0.25) is 0 Å². The molecule has 0 heterocycles. The molecule has 0 aromatic heterocycles. The Bertz CT molecular complexity index is 421. The fourth-order valence-electron chi connectivity index (χ4n) is 1.85. The van der Waals surface area contributed by atoms with Gasteiger partial charge in [-0.1, -0.05) is 11.6 Å². The molecule has 0 bridgehead atoms. The van der Waals surface area contributed by atoms with E-state index in [1.54, 1.807) is 13.2 Å². The largest absolute Gasteiger partial charge is 0.493 e. The van der Waals surface area contributed by atoms with E-state index >= 15 is 0 Å². The van der Waals surface area contributed by atoms with Gasteiger partial charge in [0.05, 0.1) is 24.8 Å². The van der Waals surface area contributed by atoms with E-state index in [1.165, 1.54) is 7.11 Å². The number of halogens is 1. The van der Waals surface area contributed by atoms with Gasteiger partial charge in [0.1, 0.15) is 0 Å². The number of unbranched alkanes of at least 4 members (excludes halogenated alkanes) is 1. The molecule has 0 atom stereocenters. The number of nitrogens with two attached hydrogens (primary N) is 1. The van der Waals surface area contributed by atoms with Crippen LogP contribution in [0.15, 0.2) is 6.07 Å². The summed E-state index contributed by atoms with van der Waals surface area (Å²) in [5.41, 5.74) is 6.71. The van der Waals surface area contributed by atoms with Crippen LogP contribution in [-0.4, -0.2) is 27.1 Å². The zero-order chi connectivity index (χ0) is 13.5. The van der Waals surface area contributed by atoms with Crippen LogP contribution < -0.4 is 15.2 Å². The van der Waals surface area contributed by atoms with Gasteiger partial charge in [0.15, 0.2) is 17.8 Å². The van der Waals surface area contributed by atoms with Crippen molar-refractivity contribution >= 4 is 17.9 Å². The van der Waals surface area contributed by atoms with Crippen molar-refractivity contribution in [2.24, 2.45) is 5.73 Å². The minimum absolute atomic E-state index is 0.318. The third-order valence-electron chi connectivity index (χ3n) is 2.73. The standard InChI is InChI=1S/C13H18ClNO3/c1-17-12-9(5-3-4-6-15)7-11(14)10(8-16)13(12)18-2/h7-8H,3-6,15H2,1-2H3.